The molecule has 132 valence electrons. The smallest absolute Gasteiger partial charge is 0.236 e. The van der Waals surface area contributed by atoms with Gasteiger partial charge in [-0.2, -0.15) is 0 Å². The molecule has 1 N–H and O–H groups in total. The number of carbonyl (C=O) groups excluding carboxylic acids is 1. The summed E-state index contributed by atoms with van der Waals surface area (Å²) in [5.41, 5.74) is 0.498. The van der Waals surface area contributed by atoms with Crippen molar-refractivity contribution in [1.29, 1.82) is 0 Å². The minimum Gasteiger partial charge on any atom is -0.393 e. The summed E-state index contributed by atoms with van der Waals surface area (Å²) < 4.78 is 11.2. The van der Waals surface area contributed by atoms with Crippen molar-refractivity contribution in [3.8, 4) is 0 Å². The molecule has 6 nitrogen and oxygen atoms in total. The maximum absolute atomic E-state index is 12.4. The number of amides is 1. The van der Waals surface area contributed by atoms with Crippen LogP contribution < -0.4 is 0 Å². The number of carbonyl (C=O) groups is 1. The van der Waals surface area contributed by atoms with Gasteiger partial charge < -0.3 is 19.5 Å². The SMILES string of the molecule is O=C(CN1CCO[C@@](CO)(Cc2ccccc2)C1)N1CCOCC1. The van der Waals surface area contributed by atoms with Crippen LogP contribution in [0.3, 0.4) is 0 Å². The first-order chi connectivity index (χ1) is 11.7. The van der Waals surface area contributed by atoms with Gasteiger partial charge in [0, 0.05) is 32.6 Å². The first-order valence-corrected chi connectivity index (χ1v) is 8.57. The van der Waals surface area contributed by atoms with Crippen LogP contribution in [0, 0.1) is 0 Å². The minimum absolute atomic E-state index is 0.0514. The maximum Gasteiger partial charge on any atom is 0.236 e. The fourth-order valence-corrected chi connectivity index (χ4v) is 3.39. The van der Waals surface area contributed by atoms with E-state index in [0.29, 0.717) is 59.0 Å². The normalized spacial score (nSPS) is 25.6. The Labute approximate surface area is 143 Å². The van der Waals surface area contributed by atoms with Crippen LogP contribution in [0.5, 0.6) is 0 Å². The van der Waals surface area contributed by atoms with Gasteiger partial charge in [0.15, 0.2) is 0 Å². The van der Waals surface area contributed by atoms with Crippen LogP contribution in [0.2, 0.25) is 0 Å². The molecule has 2 aliphatic heterocycles. The summed E-state index contributed by atoms with van der Waals surface area (Å²) in [7, 11) is 0. The Kier molecular flexibility index (Phi) is 5.84. The van der Waals surface area contributed by atoms with Gasteiger partial charge in [0.25, 0.3) is 0 Å². The van der Waals surface area contributed by atoms with E-state index >= 15 is 0 Å². The number of rotatable bonds is 5. The second-order valence-electron chi connectivity index (χ2n) is 6.56. The Morgan fingerprint density at radius 1 is 1.12 bits per heavy atom. The molecule has 2 aliphatic rings. The Morgan fingerprint density at radius 2 is 1.88 bits per heavy atom. The average Bonchev–Trinajstić information content (AvgIpc) is 2.63. The van der Waals surface area contributed by atoms with Crippen LogP contribution in [0.15, 0.2) is 30.3 Å². The van der Waals surface area contributed by atoms with Crippen LogP contribution >= 0.6 is 0 Å². The summed E-state index contributed by atoms with van der Waals surface area (Å²) in [5, 5.41) is 9.94. The molecule has 0 saturated carbocycles. The van der Waals surface area contributed by atoms with E-state index in [-0.39, 0.29) is 12.5 Å². The lowest BCUT2D eigenvalue weighted by molar-refractivity contribution is -0.149. The minimum atomic E-state index is -0.634. The summed E-state index contributed by atoms with van der Waals surface area (Å²) in [6, 6.07) is 10.0. The zero-order valence-electron chi connectivity index (χ0n) is 14.0. The van der Waals surface area contributed by atoms with Crippen molar-refractivity contribution < 1.29 is 19.4 Å². The third-order valence-electron chi connectivity index (χ3n) is 4.71. The zero-order chi connectivity index (χ0) is 16.8. The van der Waals surface area contributed by atoms with Crippen molar-refractivity contribution in [3.63, 3.8) is 0 Å². The summed E-state index contributed by atoms with van der Waals surface area (Å²) in [6.45, 7) is 4.69. The number of morpholine rings is 2. The second-order valence-corrected chi connectivity index (χ2v) is 6.56. The molecule has 6 heteroatoms. The summed E-state index contributed by atoms with van der Waals surface area (Å²) >= 11 is 0. The topological polar surface area (TPSA) is 62.2 Å². The molecule has 0 spiro atoms. The van der Waals surface area contributed by atoms with Gasteiger partial charge >= 0.3 is 0 Å². The van der Waals surface area contributed by atoms with E-state index in [9.17, 15) is 9.90 Å². The Bertz CT molecular complexity index is 533. The molecule has 2 fully saturated rings. The monoisotopic (exact) mass is 334 g/mol. The lowest BCUT2D eigenvalue weighted by atomic mass is 9.93. The van der Waals surface area contributed by atoms with Crippen molar-refractivity contribution >= 4 is 5.91 Å². The molecule has 24 heavy (non-hydrogen) atoms. The first-order valence-electron chi connectivity index (χ1n) is 8.57. The van der Waals surface area contributed by atoms with Crippen LogP contribution in [-0.4, -0.2) is 85.6 Å². The van der Waals surface area contributed by atoms with E-state index in [2.05, 4.69) is 4.90 Å². The summed E-state index contributed by atoms with van der Waals surface area (Å²) in [4.78, 5) is 16.4. The predicted molar refractivity (Wildman–Crippen MR) is 89.8 cm³/mol. The number of hydrogen-bond acceptors (Lipinski definition) is 5. The van der Waals surface area contributed by atoms with Crippen molar-refractivity contribution in [3.05, 3.63) is 35.9 Å². The van der Waals surface area contributed by atoms with E-state index < -0.39 is 5.60 Å². The Balaban J connectivity index is 1.60. The predicted octanol–water partition coefficient (Wildman–Crippen LogP) is 0.151. The van der Waals surface area contributed by atoms with Gasteiger partial charge in [-0.1, -0.05) is 30.3 Å². The summed E-state index contributed by atoms with van der Waals surface area (Å²) in [6.07, 6.45) is 0.645. The molecule has 2 saturated heterocycles. The highest BCUT2D eigenvalue weighted by molar-refractivity contribution is 5.78. The van der Waals surface area contributed by atoms with Crippen molar-refractivity contribution in [2.75, 3.05) is 59.2 Å². The van der Waals surface area contributed by atoms with Gasteiger partial charge in [-0.05, 0) is 5.56 Å². The zero-order valence-corrected chi connectivity index (χ0v) is 14.0. The van der Waals surface area contributed by atoms with Crippen molar-refractivity contribution in [2.24, 2.45) is 0 Å². The molecule has 0 unspecified atom stereocenters. The molecule has 1 aromatic carbocycles. The molecule has 0 radical (unpaired) electrons. The van der Waals surface area contributed by atoms with Gasteiger partial charge in [-0.25, -0.2) is 0 Å². The maximum atomic E-state index is 12.4. The second kappa shape index (κ2) is 8.07. The Hall–Kier alpha value is -1.47. The highest BCUT2D eigenvalue weighted by Crippen LogP contribution is 2.23. The molecule has 0 aromatic heterocycles. The van der Waals surface area contributed by atoms with Crippen LogP contribution in [0.4, 0.5) is 0 Å². The van der Waals surface area contributed by atoms with Gasteiger partial charge in [0.1, 0.15) is 5.60 Å². The molecule has 1 atom stereocenters. The molecular formula is C18H26N2O4. The molecule has 1 aromatic rings. The third-order valence-corrected chi connectivity index (χ3v) is 4.71. The number of nitrogens with zero attached hydrogens (tertiary/aromatic N) is 2. The van der Waals surface area contributed by atoms with E-state index in [4.69, 9.17) is 9.47 Å². The first kappa shape index (κ1) is 17.4. The van der Waals surface area contributed by atoms with E-state index in [1.165, 1.54) is 0 Å². The average molecular weight is 334 g/mol. The molecular weight excluding hydrogens is 308 g/mol. The summed E-state index contributed by atoms with van der Waals surface area (Å²) in [5.74, 6) is 0.131. The van der Waals surface area contributed by atoms with Crippen LogP contribution in [0.25, 0.3) is 0 Å². The van der Waals surface area contributed by atoms with Gasteiger partial charge in [0.2, 0.25) is 5.91 Å². The van der Waals surface area contributed by atoms with E-state index in [0.717, 1.165) is 5.56 Å². The standard InChI is InChI=1S/C18H26N2O4/c21-15-18(12-16-4-2-1-3-5-16)14-19(6-11-24-18)13-17(22)20-7-9-23-10-8-20/h1-5,21H,6-15H2/t18-/m0/s1. The van der Waals surface area contributed by atoms with Gasteiger partial charge in [-0.15, -0.1) is 0 Å². The van der Waals surface area contributed by atoms with Gasteiger partial charge in [0.05, 0.1) is 33.0 Å². The third kappa shape index (κ3) is 4.33. The Morgan fingerprint density at radius 3 is 2.58 bits per heavy atom. The largest absolute Gasteiger partial charge is 0.393 e. The highest BCUT2D eigenvalue weighted by Gasteiger charge is 2.37. The fraction of sp³-hybridized carbons (Fsp3) is 0.611. The number of aliphatic hydroxyl groups excluding tert-OH is 1. The molecule has 2 heterocycles. The molecule has 0 aliphatic carbocycles. The van der Waals surface area contributed by atoms with Crippen LogP contribution in [0.1, 0.15) is 5.56 Å². The fourth-order valence-electron chi connectivity index (χ4n) is 3.39. The van der Waals surface area contributed by atoms with E-state index in [1.807, 2.05) is 35.2 Å². The van der Waals surface area contributed by atoms with E-state index in [1.54, 1.807) is 0 Å². The van der Waals surface area contributed by atoms with Crippen molar-refractivity contribution in [2.45, 2.75) is 12.0 Å². The number of ether oxygens (including phenoxy) is 2. The molecule has 0 bridgehead atoms. The lowest BCUT2D eigenvalue weighted by Crippen LogP contribution is -2.57. The number of hydrogen-bond donors (Lipinski definition) is 1. The quantitative estimate of drug-likeness (QED) is 0.831. The van der Waals surface area contributed by atoms with Crippen LogP contribution in [-0.2, 0) is 20.7 Å². The molecule has 3 rings (SSSR count). The lowest BCUT2D eigenvalue weighted by Gasteiger charge is -2.42. The van der Waals surface area contributed by atoms with Crippen molar-refractivity contribution in [1.82, 2.24) is 9.80 Å². The highest BCUT2D eigenvalue weighted by atomic mass is 16.5. The van der Waals surface area contributed by atoms with Gasteiger partial charge in [-0.3, -0.25) is 9.69 Å². The number of benzene rings is 1. The number of aliphatic hydroxyl groups is 1. The molecule has 1 amide bonds.